The SMILES string of the molecule is O=C(c1cccc(C(F)(F)F)c1F)N1CCOC(CBr)C1. The zero-order chi connectivity index (χ0) is 15.6. The summed E-state index contributed by atoms with van der Waals surface area (Å²) >= 11 is 3.21. The van der Waals surface area contributed by atoms with Crippen molar-refractivity contribution in [1.82, 2.24) is 4.90 Å². The molecule has 21 heavy (non-hydrogen) atoms. The fraction of sp³-hybridized carbons (Fsp3) is 0.462. The van der Waals surface area contributed by atoms with Crippen LogP contribution in [0.3, 0.4) is 0 Å². The van der Waals surface area contributed by atoms with E-state index in [1.54, 1.807) is 0 Å². The molecule has 0 N–H and O–H groups in total. The summed E-state index contributed by atoms with van der Waals surface area (Å²) in [5, 5.41) is 0.488. The lowest BCUT2D eigenvalue weighted by molar-refractivity contribution is -0.140. The summed E-state index contributed by atoms with van der Waals surface area (Å²) < 4.78 is 57.3. The van der Waals surface area contributed by atoms with E-state index in [9.17, 15) is 22.4 Å². The van der Waals surface area contributed by atoms with Gasteiger partial charge in [0, 0.05) is 18.4 Å². The highest BCUT2D eigenvalue weighted by molar-refractivity contribution is 9.09. The van der Waals surface area contributed by atoms with Gasteiger partial charge in [0.15, 0.2) is 0 Å². The van der Waals surface area contributed by atoms with Gasteiger partial charge in [0.25, 0.3) is 5.91 Å². The second-order valence-electron chi connectivity index (χ2n) is 4.56. The van der Waals surface area contributed by atoms with Gasteiger partial charge in [-0.3, -0.25) is 4.79 Å². The average Bonchev–Trinajstić information content (AvgIpc) is 2.45. The van der Waals surface area contributed by atoms with E-state index in [2.05, 4.69) is 15.9 Å². The molecule has 1 aromatic rings. The number of nitrogens with zero attached hydrogens (tertiary/aromatic N) is 1. The van der Waals surface area contributed by atoms with E-state index in [4.69, 9.17) is 4.74 Å². The van der Waals surface area contributed by atoms with Crippen LogP contribution < -0.4 is 0 Å². The average molecular weight is 370 g/mol. The smallest absolute Gasteiger partial charge is 0.374 e. The number of morpholine rings is 1. The Balaban J connectivity index is 2.27. The molecule has 0 bridgehead atoms. The van der Waals surface area contributed by atoms with Crippen LogP contribution in [-0.4, -0.2) is 41.9 Å². The summed E-state index contributed by atoms with van der Waals surface area (Å²) in [5.74, 6) is -2.29. The molecule has 0 spiro atoms. The minimum atomic E-state index is -4.83. The van der Waals surface area contributed by atoms with E-state index in [1.165, 1.54) is 4.90 Å². The molecule has 1 heterocycles. The lowest BCUT2D eigenvalue weighted by atomic mass is 10.1. The Kier molecular flexibility index (Phi) is 4.88. The second-order valence-corrected chi connectivity index (χ2v) is 5.21. The number of carbonyl (C=O) groups is 1. The summed E-state index contributed by atoms with van der Waals surface area (Å²) in [4.78, 5) is 13.5. The lowest BCUT2D eigenvalue weighted by Crippen LogP contribution is -2.46. The molecular weight excluding hydrogens is 358 g/mol. The van der Waals surface area contributed by atoms with Crippen LogP contribution in [0.1, 0.15) is 15.9 Å². The van der Waals surface area contributed by atoms with Crippen LogP contribution in [0.5, 0.6) is 0 Å². The minimum absolute atomic E-state index is 0.208. The summed E-state index contributed by atoms with van der Waals surface area (Å²) in [6, 6.07) is 2.71. The monoisotopic (exact) mass is 369 g/mol. The summed E-state index contributed by atoms with van der Waals surface area (Å²) in [6.45, 7) is 0.695. The highest BCUT2D eigenvalue weighted by atomic mass is 79.9. The molecule has 1 atom stereocenters. The molecule has 116 valence electrons. The predicted octanol–water partition coefficient (Wildman–Crippen LogP) is 3.08. The normalized spacial score (nSPS) is 19.7. The van der Waals surface area contributed by atoms with Gasteiger partial charge in [-0.05, 0) is 12.1 Å². The summed E-state index contributed by atoms with van der Waals surface area (Å²) in [7, 11) is 0. The fourth-order valence-corrected chi connectivity index (χ4v) is 2.48. The number of hydrogen-bond acceptors (Lipinski definition) is 2. The quantitative estimate of drug-likeness (QED) is 0.592. The summed E-state index contributed by atoms with van der Waals surface area (Å²) in [6.07, 6.45) is -5.08. The Morgan fingerprint density at radius 2 is 2.14 bits per heavy atom. The number of carbonyl (C=O) groups excluding carboxylic acids is 1. The molecule has 1 unspecified atom stereocenters. The third kappa shape index (κ3) is 3.55. The number of benzene rings is 1. The first-order valence-electron chi connectivity index (χ1n) is 6.17. The molecule has 0 aromatic heterocycles. The number of rotatable bonds is 2. The van der Waals surface area contributed by atoms with Crippen LogP contribution in [0.4, 0.5) is 17.6 Å². The number of ether oxygens (including phenoxy) is 1. The molecule has 1 aliphatic rings. The Labute approximate surface area is 127 Å². The van der Waals surface area contributed by atoms with Crippen LogP contribution in [0.2, 0.25) is 0 Å². The molecule has 0 radical (unpaired) electrons. The van der Waals surface area contributed by atoms with E-state index in [1.807, 2.05) is 0 Å². The molecule has 1 amide bonds. The minimum Gasteiger partial charge on any atom is -0.374 e. The zero-order valence-corrected chi connectivity index (χ0v) is 12.4. The molecule has 0 saturated carbocycles. The van der Waals surface area contributed by atoms with Crippen molar-refractivity contribution in [2.24, 2.45) is 0 Å². The molecule has 3 nitrogen and oxygen atoms in total. The van der Waals surface area contributed by atoms with Gasteiger partial charge in [-0.2, -0.15) is 13.2 Å². The van der Waals surface area contributed by atoms with Crippen molar-refractivity contribution in [2.45, 2.75) is 12.3 Å². The van der Waals surface area contributed by atoms with Gasteiger partial charge in [-0.25, -0.2) is 4.39 Å². The number of amides is 1. The first-order valence-corrected chi connectivity index (χ1v) is 7.29. The molecule has 1 aliphatic heterocycles. The van der Waals surface area contributed by atoms with E-state index in [0.29, 0.717) is 11.4 Å². The van der Waals surface area contributed by atoms with E-state index >= 15 is 0 Å². The van der Waals surface area contributed by atoms with Gasteiger partial charge in [0.2, 0.25) is 0 Å². The van der Waals surface area contributed by atoms with Crippen molar-refractivity contribution in [3.63, 3.8) is 0 Å². The molecular formula is C13H12BrF4NO2. The maximum absolute atomic E-state index is 13.9. The van der Waals surface area contributed by atoms with Gasteiger partial charge >= 0.3 is 6.18 Å². The van der Waals surface area contributed by atoms with E-state index in [-0.39, 0.29) is 25.8 Å². The van der Waals surface area contributed by atoms with Gasteiger partial charge in [-0.1, -0.05) is 22.0 Å². The predicted molar refractivity (Wildman–Crippen MR) is 70.8 cm³/mol. The molecule has 1 saturated heterocycles. The van der Waals surface area contributed by atoms with Gasteiger partial charge in [0.05, 0.1) is 23.8 Å². The second kappa shape index (κ2) is 6.31. The highest BCUT2D eigenvalue weighted by Crippen LogP contribution is 2.32. The van der Waals surface area contributed by atoms with Gasteiger partial charge in [-0.15, -0.1) is 0 Å². The van der Waals surface area contributed by atoms with Crippen LogP contribution in [0.15, 0.2) is 18.2 Å². The number of halogens is 5. The van der Waals surface area contributed by atoms with Crippen molar-refractivity contribution in [1.29, 1.82) is 0 Å². The Hall–Kier alpha value is -1.15. The van der Waals surface area contributed by atoms with Crippen LogP contribution >= 0.6 is 15.9 Å². The van der Waals surface area contributed by atoms with E-state index < -0.39 is 29.0 Å². The van der Waals surface area contributed by atoms with Crippen molar-refractivity contribution >= 4 is 21.8 Å². The van der Waals surface area contributed by atoms with E-state index in [0.717, 1.165) is 12.1 Å². The molecule has 1 fully saturated rings. The van der Waals surface area contributed by atoms with Crippen molar-refractivity contribution in [3.8, 4) is 0 Å². The number of hydrogen-bond donors (Lipinski definition) is 0. The maximum atomic E-state index is 13.9. The van der Waals surface area contributed by atoms with Crippen molar-refractivity contribution < 1.29 is 27.1 Å². The Morgan fingerprint density at radius 1 is 1.43 bits per heavy atom. The fourth-order valence-electron chi connectivity index (χ4n) is 2.08. The van der Waals surface area contributed by atoms with Gasteiger partial charge < -0.3 is 9.64 Å². The first-order chi connectivity index (χ1) is 9.84. The molecule has 2 rings (SSSR count). The van der Waals surface area contributed by atoms with Crippen LogP contribution in [0.25, 0.3) is 0 Å². The number of alkyl halides is 4. The summed E-state index contributed by atoms with van der Waals surface area (Å²) in [5.41, 5.74) is -2.00. The molecule has 1 aromatic carbocycles. The Bertz CT molecular complexity index is 535. The first kappa shape index (κ1) is 16.2. The zero-order valence-electron chi connectivity index (χ0n) is 10.8. The topological polar surface area (TPSA) is 29.5 Å². The Morgan fingerprint density at radius 3 is 2.76 bits per heavy atom. The van der Waals surface area contributed by atoms with Crippen LogP contribution in [0, 0.1) is 5.82 Å². The third-order valence-corrected chi connectivity index (χ3v) is 3.85. The maximum Gasteiger partial charge on any atom is 0.419 e. The molecule has 8 heteroatoms. The van der Waals surface area contributed by atoms with Crippen LogP contribution in [-0.2, 0) is 10.9 Å². The highest BCUT2D eigenvalue weighted by Gasteiger charge is 2.36. The van der Waals surface area contributed by atoms with Gasteiger partial charge in [0.1, 0.15) is 5.82 Å². The standard InChI is InChI=1S/C13H12BrF4NO2/c14-6-8-7-19(4-5-21-8)12(20)9-2-1-3-10(11(9)15)13(16,17)18/h1-3,8H,4-7H2. The lowest BCUT2D eigenvalue weighted by Gasteiger charge is -2.32. The third-order valence-electron chi connectivity index (χ3n) is 3.13. The molecule has 0 aliphatic carbocycles. The largest absolute Gasteiger partial charge is 0.419 e. The van der Waals surface area contributed by atoms with Crippen molar-refractivity contribution in [3.05, 3.63) is 35.1 Å². The van der Waals surface area contributed by atoms with Crippen molar-refractivity contribution in [2.75, 3.05) is 25.0 Å².